The Morgan fingerprint density at radius 2 is 1.55 bits per heavy atom. The van der Waals surface area contributed by atoms with Crippen molar-refractivity contribution in [3.8, 4) is 5.75 Å². The molecule has 0 saturated carbocycles. The normalized spacial score (nSPS) is 17.9. The van der Waals surface area contributed by atoms with Gasteiger partial charge in [0.25, 0.3) is 0 Å². The highest BCUT2D eigenvalue weighted by Crippen LogP contribution is 2.30. The second-order valence-corrected chi connectivity index (χ2v) is 8.90. The van der Waals surface area contributed by atoms with Crippen molar-refractivity contribution >= 4 is 16.0 Å². The van der Waals surface area contributed by atoms with Crippen LogP contribution in [0.15, 0.2) is 89.8 Å². The van der Waals surface area contributed by atoms with Gasteiger partial charge >= 0.3 is 10.1 Å². The van der Waals surface area contributed by atoms with Gasteiger partial charge in [-0.2, -0.15) is 8.42 Å². The van der Waals surface area contributed by atoms with E-state index in [-0.39, 0.29) is 35.3 Å². The summed E-state index contributed by atoms with van der Waals surface area (Å²) < 4.78 is 35.8. The molecule has 0 aromatic heterocycles. The lowest BCUT2D eigenvalue weighted by molar-refractivity contribution is -0.152. The second-order valence-electron chi connectivity index (χ2n) is 7.35. The van der Waals surface area contributed by atoms with Crippen molar-refractivity contribution in [2.24, 2.45) is 0 Å². The predicted octanol–water partition coefficient (Wildman–Crippen LogP) is 4.12. The molecule has 0 bridgehead atoms. The molecule has 0 unspecified atom stereocenters. The highest BCUT2D eigenvalue weighted by Gasteiger charge is 2.31. The summed E-state index contributed by atoms with van der Waals surface area (Å²) in [5.41, 5.74) is 1.91. The summed E-state index contributed by atoms with van der Waals surface area (Å²) in [5.74, 6) is 0.163. The zero-order valence-electron chi connectivity index (χ0n) is 17.0. The van der Waals surface area contributed by atoms with Crippen LogP contribution in [0.3, 0.4) is 0 Å². The van der Waals surface area contributed by atoms with Crippen LogP contribution in [0.4, 0.5) is 0 Å². The van der Waals surface area contributed by atoms with Gasteiger partial charge in [0.1, 0.15) is 23.4 Å². The molecule has 1 fully saturated rings. The van der Waals surface area contributed by atoms with Crippen LogP contribution in [0.5, 0.6) is 5.75 Å². The molecule has 3 aromatic rings. The van der Waals surface area contributed by atoms with Crippen LogP contribution in [0.1, 0.15) is 30.2 Å². The summed E-state index contributed by atoms with van der Waals surface area (Å²) >= 11 is 0. The maximum absolute atomic E-state index is 12.4. The summed E-state index contributed by atoms with van der Waals surface area (Å²) in [7, 11) is -3.89. The lowest BCUT2D eigenvalue weighted by atomic mass is 10.0. The number of carbonyl (C=O) groups is 1. The number of amides is 1. The first kappa shape index (κ1) is 21.1. The van der Waals surface area contributed by atoms with Crippen LogP contribution >= 0.6 is 0 Å². The van der Waals surface area contributed by atoms with Gasteiger partial charge in [-0.1, -0.05) is 60.7 Å². The Hall–Kier alpha value is -3.16. The van der Waals surface area contributed by atoms with Crippen LogP contribution in [0.2, 0.25) is 0 Å². The minimum atomic E-state index is -3.89. The number of hydrogen-bond acceptors (Lipinski definition) is 5. The molecular weight excluding hydrogens is 414 g/mol. The molecule has 0 radical (unpaired) electrons. The minimum Gasteiger partial charge on any atom is -0.379 e. The van der Waals surface area contributed by atoms with Crippen molar-refractivity contribution in [1.29, 1.82) is 0 Å². The first-order valence-corrected chi connectivity index (χ1v) is 11.4. The van der Waals surface area contributed by atoms with E-state index in [1.807, 2.05) is 42.2 Å². The number of ether oxygens (including phenoxy) is 1. The van der Waals surface area contributed by atoms with E-state index in [4.69, 9.17) is 8.92 Å². The fourth-order valence-electron chi connectivity index (χ4n) is 3.58. The smallest absolute Gasteiger partial charge is 0.339 e. The largest absolute Gasteiger partial charge is 0.379 e. The van der Waals surface area contributed by atoms with E-state index in [1.54, 1.807) is 42.5 Å². The van der Waals surface area contributed by atoms with E-state index in [0.717, 1.165) is 11.1 Å². The highest BCUT2D eigenvalue weighted by molar-refractivity contribution is 7.87. The quantitative estimate of drug-likeness (QED) is 0.543. The fourth-order valence-corrected chi connectivity index (χ4v) is 4.53. The highest BCUT2D eigenvalue weighted by atomic mass is 32.2. The molecular formula is C24H23NO5S. The number of morpholine rings is 1. The molecule has 6 nitrogen and oxygen atoms in total. The van der Waals surface area contributed by atoms with E-state index in [9.17, 15) is 13.2 Å². The van der Waals surface area contributed by atoms with Crippen molar-refractivity contribution < 1.29 is 22.1 Å². The average molecular weight is 438 g/mol. The monoisotopic (exact) mass is 437 g/mol. The topological polar surface area (TPSA) is 72.9 Å². The Morgan fingerprint density at radius 1 is 0.935 bits per heavy atom. The van der Waals surface area contributed by atoms with Gasteiger partial charge in [-0.05, 0) is 42.3 Å². The maximum Gasteiger partial charge on any atom is 0.339 e. The van der Waals surface area contributed by atoms with E-state index in [2.05, 4.69) is 0 Å². The zero-order chi connectivity index (χ0) is 21.8. The van der Waals surface area contributed by atoms with Crippen LogP contribution in [-0.4, -0.2) is 32.4 Å². The van der Waals surface area contributed by atoms with Crippen LogP contribution in [0, 0.1) is 0 Å². The summed E-state index contributed by atoms with van der Waals surface area (Å²) in [6.45, 7) is 2.42. The summed E-state index contributed by atoms with van der Waals surface area (Å²) in [6, 6.07) is 24.5. The van der Waals surface area contributed by atoms with E-state index in [1.165, 1.54) is 12.1 Å². The third-order valence-electron chi connectivity index (χ3n) is 5.33. The number of benzene rings is 3. The third kappa shape index (κ3) is 4.78. The molecule has 0 aliphatic carbocycles. The van der Waals surface area contributed by atoms with Gasteiger partial charge in [0.2, 0.25) is 5.91 Å². The van der Waals surface area contributed by atoms with Crippen molar-refractivity contribution in [2.75, 3.05) is 13.2 Å². The Kier molecular flexibility index (Phi) is 6.06. The Balaban J connectivity index is 1.47. The van der Waals surface area contributed by atoms with Crippen LogP contribution in [0.25, 0.3) is 0 Å². The molecule has 1 aliphatic rings. The summed E-state index contributed by atoms with van der Waals surface area (Å²) in [6.07, 6.45) is -0.302. The Bertz CT molecular complexity index is 1130. The van der Waals surface area contributed by atoms with Gasteiger partial charge in [0, 0.05) is 0 Å². The van der Waals surface area contributed by atoms with Gasteiger partial charge in [0.05, 0.1) is 12.6 Å². The molecule has 7 heteroatoms. The third-order valence-corrected chi connectivity index (χ3v) is 6.59. The van der Waals surface area contributed by atoms with Gasteiger partial charge in [-0.25, -0.2) is 0 Å². The van der Waals surface area contributed by atoms with E-state index < -0.39 is 10.1 Å². The van der Waals surface area contributed by atoms with Gasteiger partial charge in [-0.15, -0.1) is 0 Å². The Labute approximate surface area is 182 Å². The molecule has 31 heavy (non-hydrogen) atoms. The van der Waals surface area contributed by atoms with E-state index >= 15 is 0 Å². The van der Waals surface area contributed by atoms with Gasteiger partial charge in [-0.3, -0.25) is 4.79 Å². The molecule has 1 saturated heterocycles. The number of hydrogen-bond donors (Lipinski definition) is 0. The van der Waals surface area contributed by atoms with Crippen molar-refractivity contribution in [2.45, 2.75) is 24.0 Å². The summed E-state index contributed by atoms with van der Waals surface area (Å²) in [5, 5.41) is 0. The Morgan fingerprint density at radius 3 is 2.19 bits per heavy atom. The molecule has 3 aromatic carbocycles. The van der Waals surface area contributed by atoms with Crippen LogP contribution in [-0.2, 0) is 19.6 Å². The standard InChI is InChI=1S/C24H23NO5S/c1-18(19-8-4-2-5-9-19)25-16-23(29-17-24(25)26)20-12-14-21(15-13-20)30-31(27,28)22-10-6-3-7-11-22/h2-15,18,23H,16-17H2,1H3/t18-,23-/m1/s1. The molecule has 0 N–H and O–H groups in total. The molecule has 1 heterocycles. The number of carbonyl (C=O) groups excluding carboxylic acids is 1. The molecule has 160 valence electrons. The lowest BCUT2D eigenvalue weighted by Crippen LogP contribution is -2.44. The van der Waals surface area contributed by atoms with Crippen LogP contribution < -0.4 is 4.18 Å². The SMILES string of the molecule is C[C@H](c1ccccc1)N1C[C@H](c2ccc(OS(=O)(=O)c3ccccc3)cc2)OCC1=O. The number of nitrogens with zero attached hydrogens (tertiary/aromatic N) is 1. The molecule has 1 amide bonds. The lowest BCUT2D eigenvalue weighted by Gasteiger charge is -2.37. The minimum absolute atomic E-state index is 0.00246. The molecule has 0 spiro atoms. The van der Waals surface area contributed by atoms with Gasteiger partial charge in [0.15, 0.2) is 0 Å². The van der Waals surface area contributed by atoms with Crippen molar-refractivity contribution in [3.05, 3.63) is 96.1 Å². The zero-order valence-corrected chi connectivity index (χ0v) is 17.9. The summed E-state index contributed by atoms with van der Waals surface area (Å²) in [4.78, 5) is 14.4. The van der Waals surface area contributed by atoms with Gasteiger partial charge < -0.3 is 13.8 Å². The first-order chi connectivity index (χ1) is 14.9. The molecule has 4 rings (SSSR count). The van der Waals surface area contributed by atoms with Crippen molar-refractivity contribution in [3.63, 3.8) is 0 Å². The van der Waals surface area contributed by atoms with Crippen molar-refractivity contribution in [1.82, 2.24) is 4.90 Å². The molecule has 1 aliphatic heterocycles. The fraction of sp³-hybridized carbons (Fsp3) is 0.208. The first-order valence-electron chi connectivity index (χ1n) is 9.99. The molecule has 2 atom stereocenters. The van der Waals surface area contributed by atoms with E-state index in [0.29, 0.717) is 6.54 Å². The second kappa shape index (κ2) is 8.91. The number of rotatable bonds is 6. The maximum atomic E-state index is 12.4. The average Bonchev–Trinajstić information content (AvgIpc) is 2.80. The predicted molar refractivity (Wildman–Crippen MR) is 116 cm³/mol.